The highest BCUT2D eigenvalue weighted by Gasteiger charge is 2.56. The highest BCUT2D eigenvalue weighted by molar-refractivity contribution is 7.51. The van der Waals surface area contributed by atoms with E-state index in [1.165, 1.54) is 37.7 Å². The zero-order valence-corrected chi connectivity index (χ0v) is 72.1. The van der Waals surface area contributed by atoms with Gasteiger partial charge in [-0.15, -0.1) is 34.0 Å². The molecule has 36 heteroatoms. The number of aromatic nitrogens is 9. The van der Waals surface area contributed by atoms with Gasteiger partial charge in [-0.3, -0.25) is 0 Å². The molecule has 6 aromatic carbocycles. The summed E-state index contributed by atoms with van der Waals surface area (Å²) in [7, 11) is 9.34. The molecule has 17 rings (SSSR count). The molecule has 5 fully saturated rings. The minimum Gasteiger partial charge on any atom is -0.508 e. The van der Waals surface area contributed by atoms with Crippen LogP contribution in [0.3, 0.4) is 0 Å². The van der Waals surface area contributed by atoms with Crippen molar-refractivity contribution >= 4 is 93.7 Å². The molecule has 6 aromatic heterocycles. The molecule has 32 nitrogen and oxygen atoms in total. The maximum atomic E-state index is 10.6. The summed E-state index contributed by atoms with van der Waals surface area (Å²) < 4.78 is 87.9. The summed E-state index contributed by atoms with van der Waals surface area (Å²) in [5, 5.41) is 72.6. The quantitative estimate of drug-likeness (QED) is 0.0304. The van der Waals surface area contributed by atoms with Crippen LogP contribution in [0.1, 0.15) is 69.9 Å². The number of fused-ring (bicyclic) bond motifs is 5. The molecule has 3 aliphatic carbocycles. The van der Waals surface area contributed by atoms with Crippen molar-refractivity contribution < 1.29 is 95.9 Å². The molecule has 9 N–H and O–H groups in total. The maximum absolute atomic E-state index is 10.6. The molecule has 2 aliphatic heterocycles. The fraction of sp³-hybridized carbons (Fsp3) is 0.400. The molecule has 0 bridgehead atoms. The number of phenolic OH excluding ortho intramolecular Hbond substituents is 1. The first-order valence-corrected chi connectivity index (χ1v) is 41.9. The summed E-state index contributed by atoms with van der Waals surface area (Å²) in [6, 6.07) is 38.6. The van der Waals surface area contributed by atoms with Crippen molar-refractivity contribution in [2.75, 3.05) is 78.4 Å². The lowest BCUT2D eigenvalue weighted by Gasteiger charge is -2.24. The number of phenols is 1. The number of thiazole rings is 3. The molecule has 5 aliphatic rings. The fourth-order valence-corrected chi connectivity index (χ4v) is 18.6. The van der Waals surface area contributed by atoms with Crippen molar-refractivity contribution in [1.82, 2.24) is 44.9 Å². The van der Waals surface area contributed by atoms with Crippen LogP contribution in [0.25, 0.3) is 62.4 Å². The van der Waals surface area contributed by atoms with Gasteiger partial charge in [-0.1, -0.05) is 36.4 Å². The minimum atomic E-state index is -1.08. The maximum Gasteiger partial charge on any atom is 0.335 e. The Morgan fingerprint density at radius 1 is 0.405 bits per heavy atom. The number of methoxy groups -OCH3 is 6. The summed E-state index contributed by atoms with van der Waals surface area (Å²) in [6.07, 6.45) is -1.09. The number of hydrogen-bond donors (Lipinski definition) is 9. The number of nitrogens with one attached hydrogen (secondary N) is 3. The number of benzene rings is 6. The molecule has 2 unspecified atom stereocenters. The lowest BCUT2D eigenvalue weighted by atomic mass is 10.1. The number of aromatic hydroxyl groups is 1. The van der Waals surface area contributed by atoms with Gasteiger partial charge in [0.25, 0.3) is 0 Å². The Morgan fingerprint density at radius 3 is 1.05 bits per heavy atom. The Kier molecular flexibility index (Phi) is 28.1. The summed E-state index contributed by atoms with van der Waals surface area (Å²) >= 11 is 3.98. The molecular formula is C85H96N12O20S4. The van der Waals surface area contributed by atoms with E-state index in [0.29, 0.717) is 98.3 Å². The van der Waals surface area contributed by atoms with E-state index in [9.17, 15) is 25.5 Å². The second kappa shape index (κ2) is 38.6. The highest BCUT2D eigenvalue weighted by Crippen LogP contribution is 2.48. The van der Waals surface area contributed by atoms with Crippen LogP contribution in [0.4, 0.5) is 17.5 Å². The van der Waals surface area contributed by atoms with Crippen molar-refractivity contribution in [2.24, 2.45) is 17.8 Å². The van der Waals surface area contributed by atoms with Gasteiger partial charge < -0.3 is 103 Å². The molecule has 3 saturated carbocycles. The zero-order chi connectivity index (χ0) is 86.1. The Morgan fingerprint density at radius 2 is 0.711 bits per heavy atom. The third-order valence-electron chi connectivity index (χ3n) is 20.9. The number of aliphatic hydroxyl groups excluding tert-OH is 5. The lowest BCUT2D eigenvalue weighted by Crippen LogP contribution is -2.35. The van der Waals surface area contributed by atoms with Gasteiger partial charge in [0.2, 0.25) is 0 Å². The fourth-order valence-electron chi connectivity index (χ4n) is 15.4. The normalized spacial score (nSPS) is 21.9. The number of aliphatic hydroxyl groups is 5. The van der Waals surface area contributed by atoms with E-state index in [2.05, 4.69) is 37.0 Å². The predicted octanol–water partition coefficient (Wildman–Crippen LogP) is 13.0. The first-order valence-electron chi connectivity index (χ1n) is 38.7. The first-order chi connectivity index (χ1) is 58.2. The van der Waals surface area contributed by atoms with E-state index in [1.54, 1.807) is 93.6 Å². The Balaban J connectivity index is 0.000000146. The van der Waals surface area contributed by atoms with E-state index >= 15 is 0 Å². The predicted molar refractivity (Wildman–Crippen MR) is 458 cm³/mol. The minimum absolute atomic E-state index is 0.0123. The molecule has 0 amide bonds. The van der Waals surface area contributed by atoms with Crippen molar-refractivity contribution in [3.8, 4) is 95.5 Å². The summed E-state index contributed by atoms with van der Waals surface area (Å²) in [4.78, 5) is 42.6. The van der Waals surface area contributed by atoms with Gasteiger partial charge in [-0.05, 0) is 111 Å². The van der Waals surface area contributed by atoms with Gasteiger partial charge in [-0.2, -0.15) is 28.4 Å². The summed E-state index contributed by atoms with van der Waals surface area (Å²) in [5.74, 6) is 5.07. The molecule has 12 aromatic rings. The topological polar surface area (TPSA) is 418 Å². The number of para-hydroxylation sites is 3. The molecule has 121 heavy (non-hydrogen) atoms. The largest absolute Gasteiger partial charge is 0.508 e. The molecule has 2 saturated heterocycles. The first kappa shape index (κ1) is 88.1. The van der Waals surface area contributed by atoms with E-state index in [-0.39, 0.29) is 85.9 Å². The summed E-state index contributed by atoms with van der Waals surface area (Å²) in [5.41, 5.74) is 7.33. The average molecular weight is 1730 g/mol. The van der Waals surface area contributed by atoms with E-state index < -0.39 is 47.3 Å². The zero-order valence-electron chi connectivity index (χ0n) is 68.9. The lowest BCUT2D eigenvalue weighted by molar-refractivity contribution is -0.159. The second-order valence-corrected chi connectivity index (χ2v) is 33.2. The van der Waals surface area contributed by atoms with E-state index in [0.717, 1.165) is 69.7 Å². The van der Waals surface area contributed by atoms with Gasteiger partial charge in [0, 0.05) is 92.2 Å². The van der Waals surface area contributed by atoms with Crippen LogP contribution in [0.15, 0.2) is 127 Å². The molecule has 0 spiro atoms. The van der Waals surface area contributed by atoms with Crippen LogP contribution in [0.2, 0.25) is 0 Å². The number of nitrogens with zero attached hydrogens (tertiary/aromatic N) is 9. The van der Waals surface area contributed by atoms with Crippen LogP contribution in [0.5, 0.6) is 63.8 Å². The summed E-state index contributed by atoms with van der Waals surface area (Å²) in [6.45, 7) is 15.1. The number of rotatable bonds is 22. The van der Waals surface area contributed by atoms with E-state index in [4.69, 9.17) is 100 Å². The second-order valence-electron chi connectivity index (χ2n) is 30.0. The number of hydrogen-bond acceptors (Lipinski definition) is 35. The Bertz CT molecular complexity index is 5490. The molecule has 640 valence electrons. The van der Waals surface area contributed by atoms with Gasteiger partial charge in [0.1, 0.15) is 108 Å². The van der Waals surface area contributed by atoms with Gasteiger partial charge in [-0.25, -0.2) is 24.9 Å². The number of aryl methyl sites for hydroxylation is 4. The third-order valence-corrected chi connectivity index (χ3v) is 24.1. The molecule has 8 heterocycles. The van der Waals surface area contributed by atoms with Gasteiger partial charge in [0.05, 0.1) is 144 Å². The molecule has 0 radical (unpaired) electrons. The van der Waals surface area contributed by atoms with Crippen molar-refractivity contribution in [2.45, 2.75) is 141 Å². The van der Waals surface area contributed by atoms with Crippen LogP contribution in [-0.2, 0) is 30.5 Å². The van der Waals surface area contributed by atoms with Crippen molar-refractivity contribution in [1.29, 1.82) is 0 Å². The van der Waals surface area contributed by atoms with Crippen LogP contribution < -0.4 is 53.8 Å². The number of anilines is 3. The van der Waals surface area contributed by atoms with Crippen molar-refractivity contribution in [3.05, 3.63) is 150 Å². The standard InChI is InChI=1S/C29H32N4O6S.C26H28N4O6S.C22H26N4O3S.C8H10O3.O2S/c1-15-23(27-32-20-8-6-7-9-22(20)40-27)26(31-21-10-16(14-34)24-25(21)39-29(2,3)38-24)33-28(30-15)37-19-12-17(35-4)11-18(13-19)36-5;1-13-21(25-29-18-6-4-5-7-20(18)37-25)24(28-19-8-14(12-31)22(32)23(19)33)30-26(27-13)36-17-10-15(34-2)9-16(11-17)35-3;1-11-17(21-26-14-7-5-6-8-16(14)30-21)20(24-12(2)23-11)25-15-9-13(10-27)18-19(15)29-22(3,4)28-18;1-10-7-3-6(9)4-8(5-7)11-2;1-3-2/h6-9,11-13,16,21,24-25,34H,10,14H2,1-5H3,(H,30,31,33);4-7,9-11,14,19,22-23,31-33H,8,12H2,1-3H3,(H,27,28,30);5-8,13,15,18-19,27H,9-10H2,1-4H3,(H,23,24,25);3-5,9H,1-2H3;/t16-,21-,24-,25?;14-,19-,22-,23+;13-,15-,18-,19?;;/m111../s1. The highest BCUT2D eigenvalue weighted by atomic mass is 32.1. The van der Waals surface area contributed by atoms with Gasteiger partial charge >= 0.3 is 23.6 Å². The average Bonchev–Trinajstić information content (AvgIpc) is 1.61. The van der Waals surface area contributed by atoms with Crippen LogP contribution >= 0.6 is 34.0 Å². The van der Waals surface area contributed by atoms with Crippen molar-refractivity contribution in [3.63, 3.8) is 0 Å². The van der Waals surface area contributed by atoms with E-state index in [1.807, 2.05) is 122 Å². The third kappa shape index (κ3) is 20.4. The molecule has 12 atom stereocenters. The molecular weight excluding hydrogens is 1640 g/mol. The number of ether oxygens (including phenoxy) is 12. The Labute approximate surface area is 713 Å². The Hall–Kier alpha value is -10.7. The van der Waals surface area contributed by atoms with Crippen LogP contribution in [-0.4, -0.2) is 213 Å². The monoisotopic (exact) mass is 1730 g/mol. The SMILES string of the molecule is COc1cc(O)cc(OC)c1.COc1cc(OC)cc(Oc2nc(C)c(-c3nc4ccccc4s3)c(N[C@@H]3C[C@H](CO)[C@@H](O)[C@H]3O)n2)c1.COc1cc(OC)cc(Oc2nc(C)c(-c3nc4ccccc4s3)c(N[C@@H]3C[C@H](CO)[C@H]4OC(C)(C)OC34)n2)c1.Cc1nc(C)c(-c2nc3ccccc3s2)c(N[C@@H]2C[C@H](CO)[C@H]3OC(C)(C)OC23)n1.O=S=O. The smallest absolute Gasteiger partial charge is 0.335 e. The van der Waals surface area contributed by atoms with Crippen LogP contribution in [0, 0.1) is 45.4 Å². The van der Waals surface area contributed by atoms with Gasteiger partial charge in [0.15, 0.2) is 11.6 Å².